The van der Waals surface area contributed by atoms with Gasteiger partial charge in [0.15, 0.2) is 0 Å². The minimum Gasteiger partial charge on any atom is -0.285 e. The van der Waals surface area contributed by atoms with Crippen molar-refractivity contribution in [2.24, 2.45) is 0 Å². The molecule has 7 rings (SSSR count). The quantitative estimate of drug-likeness (QED) is 0.191. The molecule has 0 saturated carbocycles. The van der Waals surface area contributed by atoms with Crippen LogP contribution in [0.4, 0.5) is 0 Å². The molecule has 0 aromatic heterocycles. The zero-order valence-corrected chi connectivity index (χ0v) is 17.7. The average Bonchev–Trinajstić information content (AvgIpc) is 2.86. The minimum absolute atomic E-state index is 0.000103. The van der Waals surface area contributed by atoms with Crippen LogP contribution in [-0.4, -0.2) is 0 Å². The number of hydrogen-bond donors (Lipinski definition) is 0. The van der Waals surface area contributed by atoms with E-state index < -0.39 is 21.7 Å². The Bertz CT molecular complexity index is 2250. The van der Waals surface area contributed by atoms with E-state index in [0.29, 0.717) is 0 Å². The summed E-state index contributed by atoms with van der Waals surface area (Å²) >= 11 is 0. The fourth-order valence-corrected chi connectivity index (χ4v) is 5.13. The molecule has 7 aromatic rings. The van der Waals surface area contributed by atoms with Crippen LogP contribution in [-0.2, 0) is 0 Å². The Morgan fingerprint density at radius 3 is 1.12 bits per heavy atom. The number of hydrogen-bond acceptors (Lipinski definition) is 4. The van der Waals surface area contributed by atoms with Gasteiger partial charge in [-0.15, -0.1) is 0 Å². The molecule has 0 radical (unpaired) electrons. The molecule has 158 valence electrons. The summed E-state index contributed by atoms with van der Waals surface area (Å²) in [4.78, 5) is 48.6. The van der Waals surface area contributed by atoms with Crippen LogP contribution in [0.1, 0.15) is 0 Å². The highest BCUT2D eigenvalue weighted by Crippen LogP contribution is 2.34. The maximum Gasteiger partial charge on any atom is 0.277 e. The highest BCUT2D eigenvalue weighted by atomic mass is 16.2. The lowest BCUT2D eigenvalue weighted by Gasteiger charge is -2.10. The fourth-order valence-electron chi connectivity index (χ4n) is 5.13. The summed E-state index contributed by atoms with van der Waals surface area (Å²) in [5.41, 5.74) is -4.36. The van der Waals surface area contributed by atoms with E-state index in [1.807, 2.05) is 30.3 Å². The van der Waals surface area contributed by atoms with Crippen molar-refractivity contribution >= 4 is 64.6 Å². The molecule has 0 spiro atoms. The highest BCUT2D eigenvalue weighted by molar-refractivity contribution is 6.17. The molecule has 0 aliphatic heterocycles. The predicted molar refractivity (Wildman–Crippen MR) is 139 cm³/mol. The molecule has 0 fully saturated rings. The molecule has 4 nitrogen and oxygen atoms in total. The van der Waals surface area contributed by atoms with Gasteiger partial charge in [-0.2, -0.15) is 0 Å². The molecule has 0 saturated heterocycles. The molecule has 4 heteroatoms. The highest BCUT2D eigenvalue weighted by Gasteiger charge is 2.14. The molecule has 0 N–H and O–H groups in total. The maximum atomic E-state index is 12.4. The van der Waals surface area contributed by atoms with Crippen LogP contribution in [0.2, 0.25) is 0 Å². The summed E-state index contributed by atoms with van der Waals surface area (Å²) in [7, 11) is 0. The number of benzene rings is 7. The van der Waals surface area contributed by atoms with Crippen molar-refractivity contribution in [1.82, 2.24) is 0 Å². The maximum absolute atomic E-state index is 12.4. The van der Waals surface area contributed by atoms with E-state index in [1.165, 1.54) is 10.8 Å². The second-order valence-corrected chi connectivity index (χ2v) is 8.82. The first-order valence-corrected chi connectivity index (χ1v) is 10.9. The van der Waals surface area contributed by atoms with Crippen molar-refractivity contribution in [1.29, 1.82) is 0 Å². The predicted octanol–water partition coefficient (Wildman–Crippen LogP) is 4.92. The van der Waals surface area contributed by atoms with Gasteiger partial charge >= 0.3 is 0 Å². The van der Waals surface area contributed by atoms with Crippen LogP contribution in [0, 0.1) is 0 Å². The van der Waals surface area contributed by atoms with Gasteiger partial charge in [-0.25, -0.2) is 0 Å². The average molecular weight is 438 g/mol. The van der Waals surface area contributed by atoms with Gasteiger partial charge < -0.3 is 0 Å². The molecule has 0 aliphatic carbocycles. The SMILES string of the molecule is O=c1c(=O)c(=O)c2cc3cc4c(ccc5cc6cc7ccccc7cc6cc54)cc3cc2c1=O. The van der Waals surface area contributed by atoms with Gasteiger partial charge in [0.2, 0.25) is 10.9 Å². The largest absolute Gasteiger partial charge is 0.285 e. The Morgan fingerprint density at radius 1 is 0.294 bits per heavy atom. The molecule has 0 atom stereocenters. The summed E-state index contributed by atoms with van der Waals surface area (Å²) in [5.74, 6) is 0. The Labute approximate surface area is 190 Å². The number of fused-ring (bicyclic) bond motifs is 7. The summed E-state index contributed by atoms with van der Waals surface area (Å²) < 4.78 is 0. The van der Waals surface area contributed by atoms with E-state index in [1.54, 1.807) is 12.1 Å². The second-order valence-electron chi connectivity index (χ2n) is 8.82. The molecule has 0 heterocycles. The minimum atomic E-state index is -1.26. The number of rotatable bonds is 0. The van der Waals surface area contributed by atoms with Crippen LogP contribution in [0.5, 0.6) is 0 Å². The molecule has 7 aromatic carbocycles. The zero-order valence-electron chi connectivity index (χ0n) is 17.7. The van der Waals surface area contributed by atoms with Gasteiger partial charge in [0, 0.05) is 10.8 Å². The lowest BCUT2D eigenvalue weighted by Crippen LogP contribution is -2.46. The van der Waals surface area contributed by atoms with Crippen LogP contribution >= 0.6 is 0 Å². The van der Waals surface area contributed by atoms with Crippen LogP contribution in [0.25, 0.3) is 64.6 Å². The smallest absolute Gasteiger partial charge is 0.277 e. The third kappa shape index (κ3) is 2.48. The Balaban J connectivity index is 1.61. The van der Waals surface area contributed by atoms with E-state index in [9.17, 15) is 19.2 Å². The topological polar surface area (TPSA) is 68.3 Å². The molecule has 34 heavy (non-hydrogen) atoms. The molecular formula is C30H14O4. The van der Waals surface area contributed by atoms with Gasteiger partial charge in [-0.05, 0) is 102 Å². The fraction of sp³-hybridized carbons (Fsp3) is 0. The van der Waals surface area contributed by atoms with Crippen molar-refractivity contribution in [3.8, 4) is 0 Å². The first kappa shape index (κ1) is 18.8. The van der Waals surface area contributed by atoms with Gasteiger partial charge in [-0.3, -0.25) is 19.2 Å². The Morgan fingerprint density at radius 2 is 0.647 bits per heavy atom. The van der Waals surface area contributed by atoms with Crippen LogP contribution in [0.15, 0.2) is 104 Å². The molecule has 0 bridgehead atoms. The molecular weight excluding hydrogens is 424 g/mol. The van der Waals surface area contributed by atoms with Gasteiger partial charge in [0.25, 0.3) is 10.9 Å². The van der Waals surface area contributed by atoms with Crippen LogP contribution < -0.4 is 21.7 Å². The van der Waals surface area contributed by atoms with Crippen molar-refractivity contribution in [3.63, 3.8) is 0 Å². The summed E-state index contributed by atoms with van der Waals surface area (Å²) in [6, 6.07) is 28.2. The lowest BCUT2D eigenvalue weighted by atomic mass is 9.94. The van der Waals surface area contributed by atoms with Gasteiger partial charge in [0.1, 0.15) is 0 Å². The van der Waals surface area contributed by atoms with E-state index in [0.717, 1.165) is 43.1 Å². The van der Waals surface area contributed by atoms with E-state index in [2.05, 4.69) is 42.5 Å². The summed E-state index contributed by atoms with van der Waals surface area (Å²) in [5, 5.41) is 10.3. The van der Waals surface area contributed by atoms with Crippen molar-refractivity contribution in [3.05, 3.63) is 126 Å². The van der Waals surface area contributed by atoms with Gasteiger partial charge in [0.05, 0.1) is 0 Å². The Kier molecular flexibility index (Phi) is 3.56. The first-order valence-electron chi connectivity index (χ1n) is 10.9. The second kappa shape index (κ2) is 6.42. The van der Waals surface area contributed by atoms with Gasteiger partial charge in [-0.1, -0.05) is 36.4 Å². The van der Waals surface area contributed by atoms with Crippen molar-refractivity contribution in [2.45, 2.75) is 0 Å². The first-order chi connectivity index (χ1) is 16.5. The third-order valence-electron chi connectivity index (χ3n) is 6.86. The monoisotopic (exact) mass is 438 g/mol. The van der Waals surface area contributed by atoms with E-state index >= 15 is 0 Å². The van der Waals surface area contributed by atoms with Crippen LogP contribution in [0.3, 0.4) is 0 Å². The molecule has 0 amide bonds. The van der Waals surface area contributed by atoms with Crippen molar-refractivity contribution < 1.29 is 0 Å². The van der Waals surface area contributed by atoms with E-state index in [4.69, 9.17) is 0 Å². The third-order valence-corrected chi connectivity index (χ3v) is 6.86. The Hall–Kier alpha value is -4.70. The van der Waals surface area contributed by atoms with E-state index in [-0.39, 0.29) is 10.8 Å². The molecule has 0 aliphatic rings. The zero-order chi connectivity index (χ0) is 23.1. The van der Waals surface area contributed by atoms with Crippen molar-refractivity contribution in [2.75, 3.05) is 0 Å². The standard InChI is InChI=1S/C30H14O4/c31-27-25-13-21-10-18-6-5-17-9-19-7-15-3-1-2-4-16(15)8-20(19)11-23(17)24(18)12-22(21)14-26(25)28(32)30(34)29(27)33/h1-14H. The normalized spacial score (nSPS) is 12.0. The lowest BCUT2D eigenvalue weighted by molar-refractivity contribution is 1.40. The molecule has 0 unspecified atom stereocenters. The summed E-state index contributed by atoms with van der Waals surface area (Å²) in [6.07, 6.45) is 0. The summed E-state index contributed by atoms with van der Waals surface area (Å²) in [6.45, 7) is 0.